The molecule has 3 aromatic rings. The summed E-state index contributed by atoms with van der Waals surface area (Å²) in [7, 11) is 0. The Morgan fingerprint density at radius 3 is 2.47 bits per heavy atom. The number of rotatable bonds is 4. The van der Waals surface area contributed by atoms with Crippen LogP contribution in [-0.4, -0.2) is 54.4 Å². The van der Waals surface area contributed by atoms with Gasteiger partial charge in [0, 0.05) is 25.0 Å². The zero-order chi connectivity index (χ0) is 22.5. The van der Waals surface area contributed by atoms with Crippen molar-refractivity contribution >= 4 is 11.9 Å². The summed E-state index contributed by atoms with van der Waals surface area (Å²) in [6.07, 6.45) is 1.19. The number of fused-ring (bicyclic) bond motifs is 2. The van der Waals surface area contributed by atoms with Gasteiger partial charge in [-0.15, -0.1) is 0 Å². The minimum absolute atomic E-state index is 0.0512. The van der Waals surface area contributed by atoms with Gasteiger partial charge in [0.2, 0.25) is 5.95 Å². The summed E-state index contributed by atoms with van der Waals surface area (Å²) in [5.41, 5.74) is -0.828. The summed E-state index contributed by atoms with van der Waals surface area (Å²) >= 11 is 0. The van der Waals surface area contributed by atoms with Crippen molar-refractivity contribution in [3.8, 4) is 5.69 Å². The van der Waals surface area contributed by atoms with Crippen LogP contribution in [0, 0.1) is 11.7 Å². The first-order valence-electron chi connectivity index (χ1n) is 9.93. The van der Waals surface area contributed by atoms with E-state index in [1.165, 1.54) is 29.3 Å². The van der Waals surface area contributed by atoms with E-state index in [1.807, 2.05) is 0 Å². The maximum atomic E-state index is 14.7. The predicted octanol–water partition coefficient (Wildman–Crippen LogP) is 2.93. The molecule has 1 aromatic carbocycles. The van der Waals surface area contributed by atoms with Gasteiger partial charge in [0.15, 0.2) is 0 Å². The van der Waals surface area contributed by atoms with Crippen LogP contribution in [0.5, 0.6) is 0 Å². The second-order valence-corrected chi connectivity index (χ2v) is 7.86. The van der Waals surface area contributed by atoms with Crippen molar-refractivity contribution in [3.05, 3.63) is 59.9 Å². The average Bonchev–Trinajstić information content (AvgIpc) is 3.50. The van der Waals surface area contributed by atoms with Gasteiger partial charge in [0.25, 0.3) is 5.91 Å². The topological polar surface area (TPSA) is 88.8 Å². The summed E-state index contributed by atoms with van der Waals surface area (Å²) in [5, 5.41) is 11.0. The Kier molecular flexibility index (Phi) is 4.79. The molecule has 3 atom stereocenters. The minimum atomic E-state index is -4.52. The Bertz CT molecular complexity index is 1130. The smallest absolute Gasteiger partial charge is 0.349 e. The van der Waals surface area contributed by atoms with Crippen LogP contribution >= 0.6 is 0 Å². The van der Waals surface area contributed by atoms with Crippen molar-refractivity contribution in [2.75, 3.05) is 11.9 Å². The van der Waals surface area contributed by atoms with E-state index >= 15 is 0 Å². The van der Waals surface area contributed by atoms with Gasteiger partial charge in [-0.2, -0.15) is 28.2 Å². The van der Waals surface area contributed by atoms with Crippen LogP contribution < -0.4 is 5.32 Å². The number of anilines is 1. The maximum Gasteiger partial charge on any atom is 0.419 e. The summed E-state index contributed by atoms with van der Waals surface area (Å²) < 4.78 is 52.9. The molecule has 0 unspecified atom stereocenters. The predicted molar refractivity (Wildman–Crippen MR) is 103 cm³/mol. The third kappa shape index (κ3) is 3.55. The number of halogens is 4. The minimum Gasteiger partial charge on any atom is -0.349 e. The second-order valence-electron chi connectivity index (χ2n) is 7.86. The van der Waals surface area contributed by atoms with E-state index < -0.39 is 23.5 Å². The molecule has 1 saturated carbocycles. The van der Waals surface area contributed by atoms with Gasteiger partial charge < -0.3 is 10.2 Å². The van der Waals surface area contributed by atoms with Crippen molar-refractivity contribution in [1.29, 1.82) is 0 Å². The van der Waals surface area contributed by atoms with Crippen molar-refractivity contribution in [3.63, 3.8) is 0 Å². The van der Waals surface area contributed by atoms with Crippen molar-refractivity contribution in [2.45, 2.75) is 31.1 Å². The molecular formula is C20H17F4N7O. The molecule has 0 spiro atoms. The molecule has 5 rings (SSSR count). The first-order chi connectivity index (χ1) is 15.3. The molecule has 0 radical (unpaired) electrons. The van der Waals surface area contributed by atoms with Crippen molar-refractivity contribution < 1.29 is 22.4 Å². The lowest BCUT2D eigenvalue weighted by Gasteiger charge is -2.34. The lowest BCUT2D eigenvalue weighted by Crippen LogP contribution is -2.48. The van der Waals surface area contributed by atoms with Gasteiger partial charge in [-0.1, -0.05) is 6.07 Å². The molecule has 12 heteroatoms. The molecular weight excluding hydrogens is 430 g/mol. The highest BCUT2D eigenvalue weighted by Gasteiger charge is 2.48. The lowest BCUT2D eigenvalue weighted by atomic mass is 10.0. The highest BCUT2D eigenvalue weighted by molar-refractivity contribution is 5.98. The Balaban J connectivity index is 1.37. The van der Waals surface area contributed by atoms with E-state index in [0.29, 0.717) is 31.8 Å². The first-order valence-corrected chi connectivity index (χ1v) is 9.93. The van der Waals surface area contributed by atoms with Crippen LogP contribution in [0.4, 0.5) is 23.5 Å². The van der Waals surface area contributed by atoms with E-state index in [-0.39, 0.29) is 35.2 Å². The van der Waals surface area contributed by atoms with E-state index in [4.69, 9.17) is 0 Å². The number of likely N-dealkylation sites (tertiary alicyclic amines) is 1. The molecule has 1 amide bonds. The quantitative estimate of drug-likeness (QED) is 0.619. The molecule has 8 nitrogen and oxygen atoms in total. The average molecular weight is 447 g/mol. The number of piperidine rings is 1. The molecule has 1 saturated heterocycles. The largest absolute Gasteiger partial charge is 0.419 e. The Labute approximate surface area is 179 Å². The molecule has 2 aromatic heterocycles. The highest BCUT2D eigenvalue weighted by atomic mass is 19.4. The molecule has 1 N–H and O–H groups in total. The summed E-state index contributed by atoms with van der Waals surface area (Å²) in [6, 6.07) is 3.73. The van der Waals surface area contributed by atoms with Crippen LogP contribution in [0.15, 0.2) is 43.0 Å². The number of carbonyl (C=O) groups is 1. The zero-order valence-corrected chi connectivity index (χ0v) is 16.5. The van der Waals surface area contributed by atoms with Gasteiger partial charge in [0.1, 0.15) is 17.1 Å². The number of nitrogens with one attached hydrogen (secondary N) is 1. The lowest BCUT2D eigenvalue weighted by molar-refractivity contribution is -0.138. The Morgan fingerprint density at radius 1 is 1.09 bits per heavy atom. The third-order valence-corrected chi connectivity index (χ3v) is 5.88. The summed E-state index contributed by atoms with van der Waals surface area (Å²) in [5.74, 6) is -0.921. The van der Waals surface area contributed by atoms with Crippen LogP contribution in [0.3, 0.4) is 0 Å². The van der Waals surface area contributed by atoms with Gasteiger partial charge in [-0.3, -0.25) is 4.79 Å². The highest BCUT2D eigenvalue weighted by Crippen LogP contribution is 2.40. The number of carbonyl (C=O) groups excluding carboxylic acids is 1. The van der Waals surface area contributed by atoms with E-state index in [2.05, 4.69) is 25.5 Å². The number of aromatic nitrogens is 5. The van der Waals surface area contributed by atoms with Gasteiger partial charge in [-0.25, -0.2) is 14.4 Å². The molecule has 2 fully saturated rings. The number of hydrogen-bond donors (Lipinski definition) is 1. The molecule has 1 aliphatic heterocycles. The monoisotopic (exact) mass is 447 g/mol. The number of benzene rings is 1. The van der Waals surface area contributed by atoms with Gasteiger partial charge in [-0.05, 0) is 30.9 Å². The fraction of sp³-hybridized carbons (Fsp3) is 0.350. The SMILES string of the molecule is O=C(c1c(F)cccc1-n1nccn1)N1C[C@@H]2C[C@@H](Nc3ncc(C(F)(F)F)cn3)[C@@H]1C2. The van der Waals surface area contributed by atoms with Crippen LogP contribution in [0.25, 0.3) is 5.69 Å². The molecule has 3 heterocycles. The van der Waals surface area contributed by atoms with Crippen LogP contribution in [0.2, 0.25) is 0 Å². The van der Waals surface area contributed by atoms with Crippen molar-refractivity contribution in [1.82, 2.24) is 29.9 Å². The van der Waals surface area contributed by atoms with Crippen LogP contribution in [-0.2, 0) is 6.18 Å². The Morgan fingerprint density at radius 2 is 1.81 bits per heavy atom. The zero-order valence-electron chi connectivity index (χ0n) is 16.5. The standard InChI is InChI=1S/C20H17F4N7O/c21-13-2-1-3-15(31-27-4-5-28-31)17(13)18(32)30-10-11-6-14(16(30)7-11)29-19-25-8-12(9-26-19)20(22,23)24/h1-5,8-9,11,14,16H,6-7,10H2,(H,25,26,29)/t11-,14-,16+/m1/s1. The third-order valence-electron chi connectivity index (χ3n) is 5.88. The van der Waals surface area contributed by atoms with Gasteiger partial charge in [0.05, 0.1) is 24.0 Å². The number of amides is 1. The van der Waals surface area contributed by atoms with Gasteiger partial charge >= 0.3 is 6.18 Å². The fourth-order valence-electron chi connectivity index (χ4n) is 4.50. The van der Waals surface area contributed by atoms with Crippen LogP contribution in [0.1, 0.15) is 28.8 Å². The van der Waals surface area contributed by atoms with E-state index in [1.54, 1.807) is 11.0 Å². The molecule has 2 aliphatic rings. The normalized spacial score (nSPS) is 22.4. The van der Waals surface area contributed by atoms with E-state index in [9.17, 15) is 22.4 Å². The second kappa shape index (κ2) is 7.53. The summed E-state index contributed by atoms with van der Waals surface area (Å²) in [4.78, 5) is 23.7. The molecule has 32 heavy (non-hydrogen) atoms. The first kappa shape index (κ1) is 20.3. The molecule has 1 aliphatic carbocycles. The van der Waals surface area contributed by atoms with Crippen molar-refractivity contribution in [2.24, 2.45) is 5.92 Å². The molecule has 2 bridgehead atoms. The number of hydrogen-bond acceptors (Lipinski definition) is 6. The number of nitrogens with zero attached hydrogens (tertiary/aromatic N) is 6. The summed E-state index contributed by atoms with van der Waals surface area (Å²) in [6.45, 7) is 0.468. The number of alkyl halides is 3. The Hall–Kier alpha value is -3.57. The molecule has 166 valence electrons. The maximum absolute atomic E-state index is 14.7. The van der Waals surface area contributed by atoms with E-state index in [0.717, 1.165) is 0 Å². The fourth-order valence-corrected chi connectivity index (χ4v) is 4.50.